The maximum atomic E-state index is 11.0. The van der Waals surface area contributed by atoms with Gasteiger partial charge in [-0.05, 0) is 23.6 Å². The minimum atomic E-state index is 0.514. The molecule has 1 aromatic heterocycles. The van der Waals surface area contributed by atoms with Gasteiger partial charge in [-0.1, -0.05) is 12.1 Å². The predicted molar refractivity (Wildman–Crippen MR) is 71.9 cm³/mol. The molecule has 2 rings (SSSR count). The normalized spacial score (nSPS) is 10.1. The second kappa shape index (κ2) is 6.21. The Morgan fingerprint density at radius 1 is 1.28 bits per heavy atom. The lowest BCUT2D eigenvalue weighted by molar-refractivity contribution is 0.111. The molecule has 0 atom stereocenters. The molecule has 4 heteroatoms. The molecule has 0 amide bonds. The summed E-state index contributed by atoms with van der Waals surface area (Å²) in [6.45, 7) is 0.529. The molecule has 0 aliphatic heterocycles. The maximum Gasteiger partial charge on any atom is 0.171 e. The van der Waals surface area contributed by atoms with Crippen LogP contribution in [0.15, 0.2) is 35.7 Å². The highest BCUT2D eigenvalue weighted by Gasteiger charge is 2.09. The van der Waals surface area contributed by atoms with Crippen molar-refractivity contribution >= 4 is 17.6 Å². The van der Waals surface area contributed by atoms with E-state index in [9.17, 15) is 4.79 Å². The van der Waals surface area contributed by atoms with Gasteiger partial charge in [0.2, 0.25) is 0 Å². The third kappa shape index (κ3) is 2.90. The molecule has 94 valence electrons. The van der Waals surface area contributed by atoms with Gasteiger partial charge in [-0.2, -0.15) is 0 Å². The topological polar surface area (TPSA) is 35.5 Å². The Labute approximate surface area is 110 Å². The number of thiophene rings is 1. The number of para-hydroxylation sites is 1. The molecule has 2 aromatic rings. The summed E-state index contributed by atoms with van der Waals surface area (Å²) in [6, 6.07) is 9.36. The predicted octanol–water partition coefficient (Wildman–Crippen LogP) is 3.19. The fourth-order valence-electron chi connectivity index (χ4n) is 1.65. The quantitative estimate of drug-likeness (QED) is 0.750. The molecular formula is C14H14O3S. The van der Waals surface area contributed by atoms with Crippen molar-refractivity contribution in [1.82, 2.24) is 0 Å². The number of aldehydes is 1. The van der Waals surface area contributed by atoms with Gasteiger partial charge in [0.1, 0.15) is 0 Å². The van der Waals surface area contributed by atoms with Crippen LogP contribution in [0.2, 0.25) is 0 Å². The van der Waals surface area contributed by atoms with E-state index in [1.54, 1.807) is 36.6 Å². The third-order valence-corrected chi connectivity index (χ3v) is 3.47. The number of hydrogen-bond donors (Lipinski definition) is 0. The Morgan fingerprint density at radius 2 is 2.17 bits per heavy atom. The highest BCUT2D eigenvalue weighted by atomic mass is 32.1. The van der Waals surface area contributed by atoms with Gasteiger partial charge in [-0.3, -0.25) is 4.79 Å². The highest BCUT2D eigenvalue weighted by molar-refractivity contribution is 7.09. The van der Waals surface area contributed by atoms with Crippen molar-refractivity contribution in [3.8, 4) is 11.5 Å². The molecule has 0 N–H and O–H groups in total. The van der Waals surface area contributed by atoms with E-state index < -0.39 is 0 Å². The summed E-state index contributed by atoms with van der Waals surface area (Å²) in [7, 11) is 1.57. The summed E-state index contributed by atoms with van der Waals surface area (Å²) in [6.07, 6.45) is 1.61. The maximum absolute atomic E-state index is 11.0. The fraction of sp³-hybridized carbons (Fsp3) is 0.214. The average molecular weight is 262 g/mol. The molecule has 1 heterocycles. The van der Waals surface area contributed by atoms with Crippen LogP contribution in [-0.2, 0) is 6.42 Å². The fourth-order valence-corrected chi connectivity index (χ4v) is 2.34. The summed E-state index contributed by atoms with van der Waals surface area (Å²) in [4.78, 5) is 12.2. The van der Waals surface area contributed by atoms with Gasteiger partial charge in [0.25, 0.3) is 0 Å². The Balaban J connectivity index is 2.05. The molecule has 0 aliphatic carbocycles. The van der Waals surface area contributed by atoms with Gasteiger partial charge in [0, 0.05) is 11.3 Å². The standard InChI is InChI=1S/C14H14O3S/c1-16-13-6-2-4-11(10-15)14(13)17-8-7-12-5-3-9-18-12/h2-6,9-10H,7-8H2,1H3. The van der Waals surface area contributed by atoms with Crippen LogP contribution in [0.4, 0.5) is 0 Å². The first-order chi connectivity index (χ1) is 8.85. The van der Waals surface area contributed by atoms with Crippen LogP contribution in [0, 0.1) is 0 Å². The highest BCUT2D eigenvalue weighted by Crippen LogP contribution is 2.30. The molecule has 3 nitrogen and oxygen atoms in total. The molecule has 0 unspecified atom stereocenters. The second-order valence-corrected chi connectivity index (χ2v) is 4.71. The number of carbonyl (C=O) groups is 1. The van der Waals surface area contributed by atoms with E-state index in [1.807, 2.05) is 11.4 Å². The van der Waals surface area contributed by atoms with Gasteiger partial charge >= 0.3 is 0 Å². The number of carbonyl (C=O) groups excluding carboxylic acids is 1. The number of hydrogen-bond acceptors (Lipinski definition) is 4. The lowest BCUT2D eigenvalue weighted by Crippen LogP contribution is -2.04. The smallest absolute Gasteiger partial charge is 0.171 e. The van der Waals surface area contributed by atoms with Crippen molar-refractivity contribution in [1.29, 1.82) is 0 Å². The van der Waals surface area contributed by atoms with Gasteiger partial charge < -0.3 is 9.47 Å². The van der Waals surface area contributed by atoms with Crippen LogP contribution in [0.25, 0.3) is 0 Å². The Morgan fingerprint density at radius 3 is 2.83 bits per heavy atom. The van der Waals surface area contributed by atoms with Crippen molar-refractivity contribution < 1.29 is 14.3 Å². The van der Waals surface area contributed by atoms with Crippen LogP contribution in [0.3, 0.4) is 0 Å². The van der Waals surface area contributed by atoms with Crippen LogP contribution in [0.1, 0.15) is 15.2 Å². The zero-order valence-corrected chi connectivity index (χ0v) is 10.9. The molecule has 18 heavy (non-hydrogen) atoms. The largest absolute Gasteiger partial charge is 0.493 e. The summed E-state index contributed by atoms with van der Waals surface area (Å²) >= 11 is 1.70. The van der Waals surface area contributed by atoms with Gasteiger partial charge in [-0.15, -0.1) is 11.3 Å². The number of rotatable bonds is 6. The van der Waals surface area contributed by atoms with Crippen molar-refractivity contribution in [3.63, 3.8) is 0 Å². The molecule has 0 fully saturated rings. The summed E-state index contributed by atoms with van der Waals surface area (Å²) < 4.78 is 10.9. The van der Waals surface area contributed by atoms with E-state index in [1.165, 1.54) is 4.88 Å². The molecule has 0 radical (unpaired) electrons. The molecule has 0 saturated carbocycles. The summed E-state index contributed by atoms with van der Waals surface area (Å²) in [5.41, 5.74) is 0.514. The molecule has 1 aromatic carbocycles. The Kier molecular flexibility index (Phi) is 4.36. The minimum absolute atomic E-state index is 0.514. The third-order valence-electron chi connectivity index (χ3n) is 2.53. The van der Waals surface area contributed by atoms with Crippen molar-refractivity contribution in [3.05, 3.63) is 46.2 Å². The molecule has 0 aliphatic rings. The van der Waals surface area contributed by atoms with Crippen LogP contribution in [0.5, 0.6) is 11.5 Å². The SMILES string of the molecule is COc1cccc(C=O)c1OCCc1cccs1. The van der Waals surface area contributed by atoms with Gasteiger partial charge in [-0.25, -0.2) is 0 Å². The average Bonchev–Trinajstić information content (AvgIpc) is 2.92. The lowest BCUT2D eigenvalue weighted by Gasteiger charge is -2.11. The second-order valence-electron chi connectivity index (χ2n) is 3.67. The Hall–Kier alpha value is -1.81. The van der Waals surface area contributed by atoms with E-state index in [-0.39, 0.29) is 0 Å². The van der Waals surface area contributed by atoms with E-state index >= 15 is 0 Å². The summed E-state index contributed by atoms with van der Waals surface area (Å²) in [5.74, 6) is 1.11. The zero-order valence-electron chi connectivity index (χ0n) is 10.1. The molecule has 0 spiro atoms. The first-order valence-corrected chi connectivity index (χ1v) is 6.50. The van der Waals surface area contributed by atoms with E-state index in [2.05, 4.69) is 6.07 Å². The first-order valence-electron chi connectivity index (χ1n) is 5.62. The number of benzene rings is 1. The summed E-state index contributed by atoms with van der Waals surface area (Å²) in [5, 5.41) is 2.04. The zero-order chi connectivity index (χ0) is 12.8. The number of ether oxygens (including phenoxy) is 2. The molecule has 0 bridgehead atoms. The van der Waals surface area contributed by atoms with Crippen LogP contribution in [-0.4, -0.2) is 20.0 Å². The first kappa shape index (κ1) is 12.6. The monoisotopic (exact) mass is 262 g/mol. The minimum Gasteiger partial charge on any atom is -0.493 e. The van der Waals surface area contributed by atoms with Crippen molar-refractivity contribution in [2.24, 2.45) is 0 Å². The number of methoxy groups -OCH3 is 1. The van der Waals surface area contributed by atoms with Crippen LogP contribution >= 0.6 is 11.3 Å². The van der Waals surface area contributed by atoms with E-state index in [0.717, 1.165) is 12.7 Å². The Bertz CT molecular complexity index is 506. The molecular weight excluding hydrogens is 248 g/mol. The van der Waals surface area contributed by atoms with E-state index in [0.29, 0.717) is 23.7 Å². The van der Waals surface area contributed by atoms with Crippen LogP contribution < -0.4 is 9.47 Å². The van der Waals surface area contributed by atoms with E-state index in [4.69, 9.17) is 9.47 Å². The van der Waals surface area contributed by atoms with Gasteiger partial charge in [0.15, 0.2) is 17.8 Å². The van der Waals surface area contributed by atoms with Crippen molar-refractivity contribution in [2.75, 3.05) is 13.7 Å². The molecule has 0 saturated heterocycles. The lowest BCUT2D eigenvalue weighted by atomic mass is 10.2. The van der Waals surface area contributed by atoms with Gasteiger partial charge in [0.05, 0.1) is 19.3 Å². The van der Waals surface area contributed by atoms with Crippen molar-refractivity contribution in [2.45, 2.75) is 6.42 Å².